The first kappa shape index (κ1) is 18.2. The van der Waals surface area contributed by atoms with Gasteiger partial charge in [0.1, 0.15) is 5.82 Å². The third kappa shape index (κ3) is 3.64. The van der Waals surface area contributed by atoms with Crippen LogP contribution in [0.15, 0.2) is 46.9 Å². The molecular weight excluding hydrogens is 433 g/mol. The van der Waals surface area contributed by atoms with Gasteiger partial charge in [0.15, 0.2) is 5.69 Å². The molecule has 0 fully saturated rings. The minimum absolute atomic E-state index is 0.293. The summed E-state index contributed by atoms with van der Waals surface area (Å²) in [5.41, 5.74) is 3.64. The number of carbonyl (C=O) groups is 1. The molecule has 1 aliphatic rings. The maximum atomic E-state index is 13.3. The van der Waals surface area contributed by atoms with Crippen molar-refractivity contribution in [1.82, 2.24) is 9.78 Å². The van der Waals surface area contributed by atoms with E-state index in [0.717, 1.165) is 47.1 Å². The summed E-state index contributed by atoms with van der Waals surface area (Å²) in [6, 6.07) is 11.4. The van der Waals surface area contributed by atoms with E-state index in [-0.39, 0.29) is 11.7 Å². The summed E-state index contributed by atoms with van der Waals surface area (Å²) in [5.74, 6) is -0.596. The largest absolute Gasteiger partial charge is 0.319 e. The smallest absolute Gasteiger partial charge is 0.276 e. The number of hydrogen-bond donors (Lipinski definition) is 1. The molecule has 2 aromatic carbocycles. The monoisotopic (exact) mass is 447 g/mol. The van der Waals surface area contributed by atoms with Crippen LogP contribution in [0.5, 0.6) is 0 Å². The van der Waals surface area contributed by atoms with Crippen molar-refractivity contribution in [2.45, 2.75) is 25.7 Å². The van der Waals surface area contributed by atoms with Gasteiger partial charge in [-0.25, -0.2) is 9.07 Å². The van der Waals surface area contributed by atoms with Crippen molar-refractivity contribution in [3.05, 3.63) is 74.7 Å². The molecule has 0 saturated heterocycles. The van der Waals surface area contributed by atoms with Gasteiger partial charge < -0.3 is 5.32 Å². The maximum absolute atomic E-state index is 13.3. The van der Waals surface area contributed by atoms with E-state index in [2.05, 4.69) is 26.3 Å². The molecule has 27 heavy (non-hydrogen) atoms. The van der Waals surface area contributed by atoms with Gasteiger partial charge >= 0.3 is 0 Å². The molecule has 0 atom stereocenters. The normalized spacial score (nSPS) is 13.3. The van der Waals surface area contributed by atoms with E-state index in [1.807, 2.05) is 6.07 Å². The SMILES string of the molecule is O=C(Nc1ccc(Br)cc1Cl)c1nn(-c2ccc(F)cc2)c2c1CCCC2. The highest BCUT2D eigenvalue weighted by atomic mass is 79.9. The minimum atomic E-state index is -0.303. The first-order valence-electron chi connectivity index (χ1n) is 8.66. The van der Waals surface area contributed by atoms with Crippen LogP contribution in [0.25, 0.3) is 5.69 Å². The zero-order chi connectivity index (χ0) is 19.0. The molecule has 0 spiro atoms. The maximum Gasteiger partial charge on any atom is 0.276 e. The van der Waals surface area contributed by atoms with Gasteiger partial charge in [0.05, 0.1) is 16.4 Å². The van der Waals surface area contributed by atoms with Gasteiger partial charge in [-0.2, -0.15) is 5.10 Å². The molecule has 4 rings (SSSR count). The number of hydrogen-bond acceptors (Lipinski definition) is 2. The number of aromatic nitrogens is 2. The molecule has 138 valence electrons. The molecule has 0 unspecified atom stereocenters. The Bertz CT molecular complexity index is 1020. The number of nitrogens with one attached hydrogen (secondary N) is 1. The van der Waals surface area contributed by atoms with Crippen LogP contribution in [-0.2, 0) is 12.8 Å². The summed E-state index contributed by atoms with van der Waals surface area (Å²) in [4.78, 5) is 12.9. The average molecular weight is 449 g/mol. The lowest BCUT2D eigenvalue weighted by atomic mass is 9.95. The molecule has 1 aromatic heterocycles. The van der Waals surface area contributed by atoms with Crippen molar-refractivity contribution in [3.8, 4) is 5.69 Å². The molecule has 1 aliphatic carbocycles. The number of halogens is 3. The Balaban J connectivity index is 1.72. The Hall–Kier alpha value is -2.18. The highest BCUT2D eigenvalue weighted by Gasteiger charge is 2.26. The van der Waals surface area contributed by atoms with E-state index in [1.54, 1.807) is 28.9 Å². The second kappa shape index (κ2) is 7.44. The second-order valence-electron chi connectivity index (χ2n) is 6.45. The van der Waals surface area contributed by atoms with Crippen LogP contribution >= 0.6 is 27.5 Å². The van der Waals surface area contributed by atoms with E-state index in [0.29, 0.717) is 16.4 Å². The van der Waals surface area contributed by atoms with Crippen LogP contribution in [0.2, 0.25) is 5.02 Å². The van der Waals surface area contributed by atoms with E-state index >= 15 is 0 Å². The summed E-state index contributed by atoms with van der Waals surface area (Å²) < 4.78 is 15.9. The fourth-order valence-corrected chi connectivity index (χ4v) is 4.07. The number of nitrogens with zero attached hydrogens (tertiary/aromatic N) is 2. The van der Waals surface area contributed by atoms with Gasteiger partial charge in [-0.15, -0.1) is 0 Å². The number of carbonyl (C=O) groups excluding carboxylic acids is 1. The average Bonchev–Trinajstić information content (AvgIpc) is 3.04. The lowest BCUT2D eigenvalue weighted by molar-refractivity contribution is 0.102. The zero-order valence-electron chi connectivity index (χ0n) is 14.3. The van der Waals surface area contributed by atoms with E-state index in [4.69, 9.17) is 11.6 Å². The highest BCUT2D eigenvalue weighted by molar-refractivity contribution is 9.10. The van der Waals surface area contributed by atoms with Crippen LogP contribution in [0, 0.1) is 5.82 Å². The molecule has 0 aliphatic heterocycles. The van der Waals surface area contributed by atoms with Gasteiger partial charge in [-0.1, -0.05) is 27.5 Å². The molecule has 3 aromatic rings. The van der Waals surface area contributed by atoms with Crippen molar-refractivity contribution in [2.24, 2.45) is 0 Å². The topological polar surface area (TPSA) is 46.9 Å². The fraction of sp³-hybridized carbons (Fsp3) is 0.200. The summed E-state index contributed by atoms with van der Waals surface area (Å²) >= 11 is 9.57. The quantitative estimate of drug-likeness (QED) is 0.570. The zero-order valence-corrected chi connectivity index (χ0v) is 16.6. The molecule has 0 radical (unpaired) electrons. The van der Waals surface area contributed by atoms with E-state index < -0.39 is 0 Å². The molecule has 0 bridgehead atoms. The lowest BCUT2D eigenvalue weighted by Gasteiger charge is -2.14. The van der Waals surface area contributed by atoms with Gasteiger partial charge in [0, 0.05) is 15.7 Å². The van der Waals surface area contributed by atoms with Gasteiger partial charge in [0.25, 0.3) is 5.91 Å². The van der Waals surface area contributed by atoms with E-state index in [1.165, 1.54) is 12.1 Å². The third-order valence-corrected chi connectivity index (χ3v) is 5.45. The standard InChI is InChI=1S/C20H16BrClFN3O/c21-12-5-10-17(16(22)11-12)24-20(27)19-15-3-1-2-4-18(15)26(25-19)14-8-6-13(23)7-9-14/h5-11H,1-4H2,(H,24,27). The van der Waals surface area contributed by atoms with Crippen LogP contribution in [0.3, 0.4) is 0 Å². The van der Waals surface area contributed by atoms with Crippen LogP contribution in [0.1, 0.15) is 34.6 Å². The molecular formula is C20H16BrClFN3O. The van der Waals surface area contributed by atoms with Gasteiger partial charge in [-0.05, 0) is 68.1 Å². The lowest BCUT2D eigenvalue weighted by Crippen LogP contribution is -2.15. The van der Waals surface area contributed by atoms with Crippen molar-refractivity contribution < 1.29 is 9.18 Å². The highest BCUT2D eigenvalue weighted by Crippen LogP contribution is 2.29. The number of fused-ring (bicyclic) bond motifs is 1. The van der Waals surface area contributed by atoms with Crippen molar-refractivity contribution in [3.63, 3.8) is 0 Å². The summed E-state index contributed by atoms with van der Waals surface area (Å²) in [6.45, 7) is 0. The van der Waals surface area contributed by atoms with Crippen LogP contribution in [-0.4, -0.2) is 15.7 Å². The Morgan fingerprint density at radius 3 is 2.63 bits per heavy atom. The number of amides is 1. The summed E-state index contributed by atoms with van der Waals surface area (Å²) in [6.07, 6.45) is 3.69. The Kier molecular flexibility index (Phi) is 5.02. The molecule has 1 heterocycles. The first-order chi connectivity index (χ1) is 13.0. The third-order valence-electron chi connectivity index (χ3n) is 4.65. The fourth-order valence-electron chi connectivity index (χ4n) is 3.35. The van der Waals surface area contributed by atoms with Crippen LogP contribution < -0.4 is 5.32 Å². The number of rotatable bonds is 3. The molecule has 4 nitrogen and oxygen atoms in total. The van der Waals surface area contributed by atoms with Crippen molar-refractivity contribution in [1.29, 1.82) is 0 Å². The minimum Gasteiger partial charge on any atom is -0.319 e. The molecule has 1 amide bonds. The van der Waals surface area contributed by atoms with E-state index in [9.17, 15) is 9.18 Å². The first-order valence-corrected chi connectivity index (χ1v) is 9.83. The van der Waals surface area contributed by atoms with Crippen LogP contribution in [0.4, 0.5) is 10.1 Å². The molecule has 1 N–H and O–H groups in total. The number of benzene rings is 2. The Labute approximate surface area is 169 Å². The Morgan fingerprint density at radius 2 is 1.89 bits per heavy atom. The van der Waals surface area contributed by atoms with Gasteiger partial charge in [-0.3, -0.25) is 4.79 Å². The summed E-state index contributed by atoms with van der Waals surface area (Å²) in [5, 5.41) is 7.86. The second-order valence-corrected chi connectivity index (χ2v) is 7.77. The van der Waals surface area contributed by atoms with Crippen molar-refractivity contribution >= 4 is 39.1 Å². The molecule has 0 saturated carbocycles. The molecule has 7 heteroatoms. The Morgan fingerprint density at radius 1 is 1.15 bits per heavy atom. The predicted octanol–water partition coefficient (Wildman–Crippen LogP) is 5.56. The van der Waals surface area contributed by atoms with Crippen molar-refractivity contribution in [2.75, 3.05) is 5.32 Å². The van der Waals surface area contributed by atoms with Gasteiger partial charge in [0.2, 0.25) is 0 Å². The predicted molar refractivity (Wildman–Crippen MR) is 107 cm³/mol. The summed E-state index contributed by atoms with van der Waals surface area (Å²) in [7, 11) is 0. The number of anilines is 1.